The fourth-order valence-corrected chi connectivity index (χ4v) is 3.47. The molecule has 1 heterocycles. The molecular weight excluding hydrogens is 244 g/mol. The van der Waals surface area contributed by atoms with Crippen LogP contribution in [0.3, 0.4) is 0 Å². The predicted octanol–water partition coefficient (Wildman–Crippen LogP) is 3.95. The molecule has 2 heteroatoms. The summed E-state index contributed by atoms with van der Waals surface area (Å²) in [7, 11) is 0. The van der Waals surface area contributed by atoms with E-state index in [1.807, 2.05) is 0 Å². The summed E-state index contributed by atoms with van der Waals surface area (Å²) in [6, 6.07) is 13.5. The first kappa shape index (κ1) is 13.6. The molecule has 0 amide bonds. The van der Waals surface area contributed by atoms with Crippen LogP contribution < -0.4 is 5.32 Å². The number of nitrogens with one attached hydrogen (secondary N) is 1. The highest BCUT2D eigenvalue weighted by molar-refractivity contribution is 5.78. The van der Waals surface area contributed by atoms with E-state index in [9.17, 15) is 0 Å². The van der Waals surface area contributed by atoms with Crippen molar-refractivity contribution in [3.8, 4) is 0 Å². The van der Waals surface area contributed by atoms with E-state index < -0.39 is 0 Å². The number of hydrogen-bond donors (Lipinski definition) is 1. The van der Waals surface area contributed by atoms with Crippen molar-refractivity contribution in [2.24, 2.45) is 5.92 Å². The van der Waals surface area contributed by atoms with Crippen molar-refractivity contribution in [3.05, 3.63) is 42.1 Å². The third-order valence-electron chi connectivity index (χ3n) is 4.43. The maximum atomic E-state index is 4.82. The second kappa shape index (κ2) is 6.36. The van der Waals surface area contributed by atoms with Crippen molar-refractivity contribution in [1.29, 1.82) is 0 Å². The van der Waals surface area contributed by atoms with Gasteiger partial charge in [0.15, 0.2) is 0 Å². The Morgan fingerprint density at radius 2 is 2.05 bits per heavy atom. The van der Waals surface area contributed by atoms with Crippen molar-refractivity contribution in [3.63, 3.8) is 0 Å². The normalized spacial score (nSPS) is 23.1. The number of rotatable bonds is 4. The molecule has 20 heavy (non-hydrogen) atoms. The minimum absolute atomic E-state index is 0.721. The summed E-state index contributed by atoms with van der Waals surface area (Å²) in [4.78, 5) is 4.82. The van der Waals surface area contributed by atoms with Crippen LogP contribution in [0.5, 0.6) is 0 Å². The molecular formula is C18H24N2. The predicted molar refractivity (Wildman–Crippen MR) is 84.9 cm³/mol. The van der Waals surface area contributed by atoms with Crippen molar-refractivity contribution in [1.82, 2.24) is 10.3 Å². The van der Waals surface area contributed by atoms with E-state index in [-0.39, 0.29) is 0 Å². The maximum absolute atomic E-state index is 4.82. The van der Waals surface area contributed by atoms with Crippen LogP contribution in [0.2, 0.25) is 0 Å². The van der Waals surface area contributed by atoms with Crippen LogP contribution in [-0.2, 0) is 6.42 Å². The lowest BCUT2D eigenvalue weighted by atomic mass is 9.83. The molecule has 1 aliphatic carbocycles. The Morgan fingerprint density at radius 1 is 1.15 bits per heavy atom. The van der Waals surface area contributed by atoms with Gasteiger partial charge in [0.25, 0.3) is 0 Å². The summed E-state index contributed by atoms with van der Waals surface area (Å²) in [5.41, 5.74) is 2.38. The molecule has 0 aliphatic heterocycles. The zero-order valence-corrected chi connectivity index (χ0v) is 12.3. The minimum Gasteiger partial charge on any atom is -0.314 e. The number of pyridine rings is 1. The first-order valence-corrected chi connectivity index (χ1v) is 7.93. The summed E-state index contributed by atoms with van der Waals surface area (Å²) in [6.07, 6.45) is 6.50. The molecule has 2 atom stereocenters. The number of nitrogens with zero attached hydrogens (tertiary/aromatic N) is 1. The van der Waals surface area contributed by atoms with Crippen molar-refractivity contribution in [2.75, 3.05) is 6.54 Å². The van der Waals surface area contributed by atoms with Crippen LogP contribution in [0.15, 0.2) is 36.4 Å². The molecule has 106 valence electrons. The standard InChI is InChI=1S/C18H24N2/c1-2-19-16-8-5-6-14(12-16)13-17-11-10-15-7-3-4-9-18(15)20-17/h3-4,7,9-11,14,16,19H,2,5-6,8,12-13H2,1H3. The highest BCUT2D eigenvalue weighted by atomic mass is 14.9. The van der Waals surface area contributed by atoms with Gasteiger partial charge in [-0.15, -0.1) is 0 Å². The molecule has 0 spiro atoms. The summed E-state index contributed by atoms with van der Waals surface area (Å²) in [5.74, 6) is 0.793. The second-order valence-electron chi connectivity index (χ2n) is 5.99. The smallest absolute Gasteiger partial charge is 0.0705 e. The van der Waals surface area contributed by atoms with Crippen LogP contribution >= 0.6 is 0 Å². The molecule has 1 fully saturated rings. The molecule has 1 saturated carbocycles. The van der Waals surface area contributed by atoms with Crippen LogP contribution in [0.1, 0.15) is 38.3 Å². The lowest BCUT2D eigenvalue weighted by Crippen LogP contribution is -2.34. The largest absolute Gasteiger partial charge is 0.314 e. The number of fused-ring (bicyclic) bond motifs is 1. The minimum atomic E-state index is 0.721. The van der Waals surface area contributed by atoms with E-state index in [2.05, 4.69) is 48.6 Å². The van der Waals surface area contributed by atoms with E-state index in [0.717, 1.165) is 30.4 Å². The van der Waals surface area contributed by atoms with E-state index in [1.54, 1.807) is 0 Å². The molecule has 2 nitrogen and oxygen atoms in total. The molecule has 2 aromatic rings. The molecule has 0 bridgehead atoms. The van der Waals surface area contributed by atoms with Crippen molar-refractivity contribution >= 4 is 10.9 Å². The second-order valence-corrected chi connectivity index (χ2v) is 5.99. The zero-order chi connectivity index (χ0) is 13.8. The SMILES string of the molecule is CCNC1CCCC(Cc2ccc3ccccc3n2)C1. The van der Waals surface area contributed by atoms with Gasteiger partial charge in [-0.1, -0.05) is 37.6 Å². The van der Waals surface area contributed by atoms with Crippen molar-refractivity contribution in [2.45, 2.75) is 45.1 Å². The van der Waals surface area contributed by atoms with Gasteiger partial charge in [-0.2, -0.15) is 0 Å². The number of para-hydroxylation sites is 1. The van der Waals surface area contributed by atoms with Gasteiger partial charge in [0.05, 0.1) is 5.52 Å². The van der Waals surface area contributed by atoms with Crippen LogP contribution in [0.25, 0.3) is 10.9 Å². The topological polar surface area (TPSA) is 24.9 Å². The first-order valence-electron chi connectivity index (χ1n) is 7.93. The van der Waals surface area contributed by atoms with E-state index >= 15 is 0 Å². The fourth-order valence-electron chi connectivity index (χ4n) is 3.47. The molecule has 1 aromatic carbocycles. The van der Waals surface area contributed by atoms with Crippen molar-refractivity contribution < 1.29 is 0 Å². The van der Waals surface area contributed by atoms with Gasteiger partial charge < -0.3 is 5.32 Å². The molecule has 0 radical (unpaired) electrons. The molecule has 2 unspecified atom stereocenters. The maximum Gasteiger partial charge on any atom is 0.0705 e. The molecule has 0 saturated heterocycles. The third-order valence-corrected chi connectivity index (χ3v) is 4.43. The van der Waals surface area contributed by atoms with Crippen LogP contribution in [0, 0.1) is 5.92 Å². The summed E-state index contributed by atoms with van der Waals surface area (Å²) < 4.78 is 0. The summed E-state index contributed by atoms with van der Waals surface area (Å²) >= 11 is 0. The third kappa shape index (κ3) is 3.18. The van der Waals surface area contributed by atoms with Gasteiger partial charge in [0, 0.05) is 17.1 Å². The Bertz CT molecular complexity index is 562. The number of hydrogen-bond acceptors (Lipinski definition) is 2. The molecule has 1 N–H and O–H groups in total. The Kier molecular flexibility index (Phi) is 4.31. The highest BCUT2D eigenvalue weighted by Gasteiger charge is 2.21. The van der Waals surface area contributed by atoms with E-state index in [1.165, 1.54) is 36.8 Å². The Labute approximate surface area is 121 Å². The lowest BCUT2D eigenvalue weighted by Gasteiger charge is -2.29. The monoisotopic (exact) mass is 268 g/mol. The fraction of sp³-hybridized carbons (Fsp3) is 0.500. The molecule has 1 aromatic heterocycles. The average molecular weight is 268 g/mol. The van der Waals surface area contributed by atoms with Crippen LogP contribution in [0.4, 0.5) is 0 Å². The van der Waals surface area contributed by atoms with Crippen LogP contribution in [-0.4, -0.2) is 17.6 Å². The van der Waals surface area contributed by atoms with Gasteiger partial charge in [0.1, 0.15) is 0 Å². The van der Waals surface area contributed by atoms with Gasteiger partial charge in [0.2, 0.25) is 0 Å². The zero-order valence-electron chi connectivity index (χ0n) is 12.3. The van der Waals surface area contributed by atoms with E-state index in [0.29, 0.717) is 0 Å². The Hall–Kier alpha value is -1.41. The van der Waals surface area contributed by atoms with Gasteiger partial charge in [-0.3, -0.25) is 4.98 Å². The van der Waals surface area contributed by atoms with Gasteiger partial charge in [-0.25, -0.2) is 0 Å². The summed E-state index contributed by atoms with van der Waals surface area (Å²) in [5, 5.41) is 4.85. The Morgan fingerprint density at radius 3 is 2.95 bits per heavy atom. The number of aromatic nitrogens is 1. The molecule has 3 rings (SSSR count). The first-order chi connectivity index (χ1) is 9.85. The quantitative estimate of drug-likeness (QED) is 0.908. The van der Waals surface area contributed by atoms with E-state index in [4.69, 9.17) is 4.98 Å². The highest BCUT2D eigenvalue weighted by Crippen LogP contribution is 2.27. The lowest BCUT2D eigenvalue weighted by molar-refractivity contribution is 0.286. The average Bonchev–Trinajstić information content (AvgIpc) is 2.48. The Balaban J connectivity index is 1.69. The van der Waals surface area contributed by atoms with Gasteiger partial charge in [-0.05, 0) is 50.3 Å². The summed E-state index contributed by atoms with van der Waals surface area (Å²) in [6.45, 7) is 3.29. The number of benzene rings is 1. The molecule has 1 aliphatic rings. The van der Waals surface area contributed by atoms with Gasteiger partial charge >= 0.3 is 0 Å².